The first kappa shape index (κ1) is 15.8. The molecule has 0 saturated carbocycles. The molecule has 0 radical (unpaired) electrons. The van der Waals surface area contributed by atoms with Crippen LogP contribution in [0.1, 0.15) is 22.5 Å². The third-order valence-corrected chi connectivity index (χ3v) is 4.59. The molecule has 2 atom stereocenters. The Kier molecular flexibility index (Phi) is 4.04. The van der Waals surface area contributed by atoms with Crippen molar-refractivity contribution in [1.29, 1.82) is 0 Å². The van der Waals surface area contributed by atoms with Crippen molar-refractivity contribution in [2.24, 2.45) is 5.73 Å². The van der Waals surface area contributed by atoms with Crippen LogP contribution < -0.4 is 5.73 Å². The Morgan fingerprint density at radius 1 is 1.43 bits per heavy atom. The van der Waals surface area contributed by atoms with Gasteiger partial charge in [0.2, 0.25) is 5.91 Å². The number of carbonyl (C=O) groups excluding carboxylic acids is 2. The van der Waals surface area contributed by atoms with Gasteiger partial charge in [-0.1, -0.05) is 23.7 Å². The molecule has 1 saturated heterocycles. The van der Waals surface area contributed by atoms with Gasteiger partial charge in [0, 0.05) is 31.0 Å². The van der Waals surface area contributed by atoms with E-state index in [0.29, 0.717) is 29.1 Å². The second-order valence-corrected chi connectivity index (χ2v) is 6.05. The fourth-order valence-electron chi connectivity index (χ4n) is 3.01. The van der Waals surface area contributed by atoms with Gasteiger partial charge < -0.3 is 19.8 Å². The van der Waals surface area contributed by atoms with Gasteiger partial charge in [-0.15, -0.1) is 0 Å². The van der Waals surface area contributed by atoms with Gasteiger partial charge in [0.1, 0.15) is 6.04 Å². The number of benzene rings is 1. The lowest BCUT2D eigenvalue weighted by Gasteiger charge is -2.20. The van der Waals surface area contributed by atoms with Gasteiger partial charge in [0.05, 0.1) is 11.1 Å². The molecule has 1 aromatic heterocycles. The van der Waals surface area contributed by atoms with E-state index in [-0.39, 0.29) is 17.8 Å². The fraction of sp³-hybridized carbons (Fsp3) is 0.375. The van der Waals surface area contributed by atoms with E-state index in [1.54, 1.807) is 26.2 Å². The average molecular weight is 337 g/mol. The number of para-hydroxylation sites is 1. The number of furan rings is 1. The smallest absolute Gasteiger partial charge is 0.290 e. The van der Waals surface area contributed by atoms with Crippen LogP contribution >= 0.6 is 11.6 Å². The summed E-state index contributed by atoms with van der Waals surface area (Å²) in [4.78, 5) is 25.9. The molecule has 1 aliphatic rings. The average Bonchev–Trinajstić information content (AvgIpc) is 3.10. The number of ether oxygens (including phenoxy) is 1. The number of rotatable bonds is 3. The Balaban J connectivity index is 2.01. The molecule has 6 nitrogen and oxygen atoms in total. The van der Waals surface area contributed by atoms with Crippen LogP contribution in [0.4, 0.5) is 0 Å². The Morgan fingerprint density at radius 2 is 2.17 bits per heavy atom. The van der Waals surface area contributed by atoms with Crippen molar-refractivity contribution in [2.75, 3.05) is 13.7 Å². The third kappa shape index (κ3) is 2.58. The molecule has 0 unspecified atom stereocenters. The van der Waals surface area contributed by atoms with Crippen LogP contribution in [0.2, 0.25) is 5.02 Å². The molecule has 2 amide bonds. The van der Waals surface area contributed by atoms with Crippen LogP contribution in [0.15, 0.2) is 22.6 Å². The second-order valence-electron chi connectivity index (χ2n) is 5.64. The molecule has 122 valence electrons. The number of methoxy groups -OCH3 is 1. The normalized spacial score (nSPS) is 21.1. The monoisotopic (exact) mass is 336 g/mol. The van der Waals surface area contributed by atoms with Crippen molar-refractivity contribution in [3.8, 4) is 0 Å². The summed E-state index contributed by atoms with van der Waals surface area (Å²) in [6, 6.07) is 4.63. The molecule has 0 bridgehead atoms. The van der Waals surface area contributed by atoms with Gasteiger partial charge in [-0.25, -0.2) is 0 Å². The lowest BCUT2D eigenvalue weighted by atomic mass is 10.1. The van der Waals surface area contributed by atoms with E-state index in [1.807, 2.05) is 6.07 Å². The second kappa shape index (κ2) is 5.86. The van der Waals surface area contributed by atoms with E-state index >= 15 is 0 Å². The minimum absolute atomic E-state index is 0.177. The number of hydrogen-bond donors (Lipinski definition) is 1. The van der Waals surface area contributed by atoms with Crippen molar-refractivity contribution in [1.82, 2.24) is 4.90 Å². The molecule has 1 fully saturated rings. The Bertz CT molecular complexity index is 786. The van der Waals surface area contributed by atoms with E-state index in [2.05, 4.69) is 0 Å². The van der Waals surface area contributed by atoms with Gasteiger partial charge in [-0.3, -0.25) is 9.59 Å². The summed E-state index contributed by atoms with van der Waals surface area (Å²) in [6.07, 6.45) is 0.169. The highest BCUT2D eigenvalue weighted by Crippen LogP contribution is 2.32. The largest absolute Gasteiger partial charge is 0.449 e. The van der Waals surface area contributed by atoms with E-state index in [1.165, 1.54) is 4.90 Å². The summed E-state index contributed by atoms with van der Waals surface area (Å²) in [6.45, 7) is 2.09. The number of amides is 2. The molecular formula is C16H17ClN2O4. The molecule has 23 heavy (non-hydrogen) atoms. The molecule has 2 heterocycles. The topological polar surface area (TPSA) is 85.8 Å². The van der Waals surface area contributed by atoms with Crippen molar-refractivity contribution in [3.63, 3.8) is 0 Å². The quantitative estimate of drug-likeness (QED) is 0.930. The zero-order valence-electron chi connectivity index (χ0n) is 12.8. The number of primary amides is 1. The highest BCUT2D eigenvalue weighted by atomic mass is 35.5. The first-order valence-electron chi connectivity index (χ1n) is 7.24. The number of carbonyl (C=O) groups is 2. The third-order valence-electron chi connectivity index (χ3n) is 4.30. The number of fused-ring (bicyclic) bond motifs is 1. The van der Waals surface area contributed by atoms with Crippen molar-refractivity contribution in [3.05, 3.63) is 34.5 Å². The molecule has 1 aliphatic heterocycles. The SMILES string of the molecule is CO[C@H]1C[C@@H](C(N)=O)N(C(=O)c2oc3c(Cl)cccc3c2C)C1. The number of likely N-dealkylation sites (tertiary alicyclic amines) is 1. The Hall–Kier alpha value is -2.05. The lowest BCUT2D eigenvalue weighted by Crippen LogP contribution is -2.43. The Morgan fingerprint density at radius 3 is 2.78 bits per heavy atom. The molecule has 2 aromatic rings. The van der Waals surface area contributed by atoms with Gasteiger partial charge in [0.25, 0.3) is 5.91 Å². The van der Waals surface area contributed by atoms with Crippen molar-refractivity contribution in [2.45, 2.75) is 25.5 Å². The highest BCUT2D eigenvalue weighted by molar-refractivity contribution is 6.35. The minimum atomic E-state index is -0.699. The fourth-order valence-corrected chi connectivity index (χ4v) is 3.22. The number of aryl methyl sites for hydroxylation is 1. The predicted octanol–water partition coefficient (Wildman–Crippen LogP) is 2.11. The first-order chi connectivity index (χ1) is 10.9. The van der Waals surface area contributed by atoms with Gasteiger partial charge in [-0.05, 0) is 13.0 Å². The maximum atomic E-state index is 12.9. The summed E-state index contributed by atoms with van der Waals surface area (Å²) < 4.78 is 10.9. The summed E-state index contributed by atoms with van der Waals surface area (Å²) in [5, 5.41) is 1.21. The van der Waals surface area contributed by atoms with Crippen molar-refractivity contribution >= 4 is 34.4 Å². The van der Waals surface area contributed by atoms with Gasteiger partial charge >= 0.3 is 0 Å². The maximum Gasteiger partial charge on any atom is 0.290 e. The van der Waals surface area contributed by atoms with E-state index in [4.69, 9.17) is 26.5 Å². The van der Waals surface area contributed by atoms with Crippen LogP contribution in [0.3, 0.4) is 0 Å². The predicted molar refractivity (Wildman–Crippen MR) is 85.4 cm³/mol. The number of nitrogens with two attached hydrogens (primary N) is 1. The van der Waals surface area contributed by atoms with Gasteiger partial charge in [0.15, 0.2) is 11.3 Å². The van der Waals surface area contributed by atoms with Crippen LogP contribution in [-0.4, -0.2) is 42.5 Å². The van der Waals surface area contributed by atoms with E-state index < -0.39 is 11.9 Å². The van der Waals surface area contributed by atoms with Crippen LogP contribution in [0, 0.1) is 6.92 Å². The first-order valence-corrected chi connectivity index (χ1v) is 7.62. The van der Waals surface area contributed by atoms with E-state index in [9.17, 15) is 9.59 Å². The molecule has 7 heteroatoms. The zero-order valence-corrected chi connectivity index (χ0v) is 13.6. The molecule has 0 spiro atoms. The standard InChI is InChI=1S/C16H17ClN2O4/c1-8-10-4-3-5-11(17)14(10)23-13(8)16(21)19-7-9(22-2)6-12(19)15(18)20/h3-5,9,12H,6-7H2,1-2H3,(H2,18,20)/t9-,12-/m0/s1. The number of hydrogen-bond acceptors (Lipinski definition) is 4. The lowest BCUT2D eigenvalue weighted by molar-refractivity contribution is -0.121. The zero-order chi connectivity index (χ0) is 16.7. The molecule has 1 aromatic carbocycles. The van der Waals surface area contributed by atoms with Crippen LogP contribution in [0.5, 0.6) is 0 Å². The maximum absolute atomic E-state index is 12.9. The number of halogens is 1. The van der Waals surface area contributed by atoms with Gasteiger partial charge in [-0.2, -0.15) is 0 Å². The summed E-state index contributed by atoms with van der Waals surface area (Å²) in [5.74, 6) is -0.751. The van der Waals surface area contributed by atoms with E-state index in [0.717, 1.165) is 5.39 Å². The minimum Gasteiger partial charge on any atom is -0.449 e. The van der Waals surface area contributed by atoms with Crippen LogP contribution in [0.25, 0.3) is 11.0 Å². The molecule has 2 N–H and O–H groups in total. The highest BCUT2D eigenvalue weighted by Gasteiger charge is 2.40. The Labute approximate surface area is 138 Å². The molecular weight excluding hydrogens is 320 g/mol. The summed E-state index contributed by atoms with van der Waals surface area (Å²) in [5.41, 5.74) is 6.58. The van der Waals surface area contributed by atoms with Crippen LogP contribution in [-0.2, 0) is 9.53 Å². The van der Waals surface area contributed by atoms with Crippen molar-refractivity contribution < 1.29 is 18.7 Å². The molecule has 0 aliphatic carbocycles. The number of nitrogens with zero attached hydrogens (tertiary/aromatic N) is 1. The summed E-state index contributed by atoms with van der Waals surface area (Å²) >= 11 is 6.12. The molecule has 3 rings (SSSR count). The summed E-state index contributed by atoms with van der Waals surface area (Å²) in [7, 11) is 1.54.